The Morgan fingerprint density at radius 2 is 2.09 bits per heavy atom. The van der Waals surface area contributed by atoms with Crippen LogP contribution < -0.4 is 4.74 Å². The Balaban J connectivity index is 2.15. The lowest BCUT2D eigenvalue weighted by Gasteiger charge is -2.12. The van der Waals surface area contributed by atoms with Gasteiger partial charge in [0.2, 0.25) is 0 Å². The first kappa shape index (κ1) is 16.2. The van der Waals surface area contributed by atoms with Gasteiger partial charge in [-0.05, 0) is 43.4 Å². The van der Waals surface area contributed by atoms with Crippen LogP contribution >= 0.6 is 0 Å². The highest BCUT2D eigenvalue weighted by atomic mass is 16.5. The summed E-state index contributed by atoms with van der Waals surface area (Å²) in [4.78, 5) is 11.1. The number of hydrogen-bond donors (Lipinski definition) is 0. The molecule has 1 aromatic heterocycles. The molecular formula is C17H23N3O2. The van der Waals surface area contributed by atoms with Crippen LogP contribution in [0.1, 0.15) is 47.6 Å². The molecule has 1 aromatic carbocycles. The van der Waals surface area contributed by atoms with Gasteiger partial charge in [-0.1, -0.05) is 31.2 Å². The molecule has 0 atom stereocenters. The molecule has 5 heteroatoms. The third kappa shape index (κ3) is 3.72. The van der Waals surface area contributed by atoms with Gasteiger partial charge in [0, 0.05) is 6.54 Å². The van der Waals surface area contributed by atoms with Crippen molar-refractivity contribution in [3.8, 4) is 5.75 Å². The lowest BCUT2D eigenvalue weighted by Crippen LogP contribution is -2.11. The first-order valence-corrected chi connectivity index (χ1v) is 7.59. The van der Waals surface area contributed by atoms with Gasteiger partial charge in [0.05, 0.1) is 0 Å². The molecule has 0 saturated heterocycles. The zero-order chi connectivity index (χ0) is 16.1. The number of nitrogens with zero attached hydrogens (tertiary/aromatic N) is 3. The molecule has 118 valence electrons. The summed E-state index contributed by atoms with van der Waals surface area (Å²) in [5.41, 5.74) is 3.38. The van der Waals surface area contributed by atoms with Crippen molar-refractivity contribution in [1.29, 1.82) is 0 Å². The third-order valence-electron chi connectivity index (χ3n) is 3.82. The minimum atomic E-state index is 0.295. The predicted octanol–water partition coefficient (Wildman–Crippen LogP) is 3.33. The van der Waals surface area contributed by atoms with Gasteiger partial charge in [0.25, 0.3) is 0 Å². The van der Waals surface area contributed by atoms with Gasteiger partial charge in [-0.3, -0.25) is 4.79 Å². The van der Waals surface area contributed by atoms with Crippen molar-refractivity contribution >= 4 is 6.29 Å². The van der Waals surface area contributed by atoms with Crippen LogP contribution in [-0.4, -0.2) is 21.3 Å². The summed E-state index contributed by atoms with van der Waals surface area (Å²) in [5.74, 6) is 1.39. The molecule has 5 nitrogen and oxygen atoms in total. The van der Waals surface area contributed by atoms with E-state index in [1.165, 1.54) is 5.56 Å². The van der Waals surface area contributed by atoms with Crippen molar-refractivity contribution in [2.45, 2.75) is 47.3 Å². The maximum Gasteiger partial charge on any atom is 0.172 e. The van der Waals surface area contributed by atoms with Crippen LogP contribution in [-0.2, 0) is 13.2 Å². The maximum absolute atomic E-state index is 11.1. The van der Waals surface area contributed by atoms with E-state index in [4.69, 9.17) is 4.74 Å². The molecule has 0 radical (unpaired) electrons. The van der Waals surface area contributed by atoms with Crippen LogP contribution in [0.2, 0.25) is 0 Å². The summed E-state index contributed by atoms with van der Waals surface area (Å²) in [7, 11) is 0. The van der Waals surface area contributed by atoms with E-state index in [0.717, 1.165) is 36.3 Å². The quantitative estimate of drug-likeness (QED) is 0.736. The van der Waals surface area contributed by atoms with E-state index in [9.17, 15) is 4.79 Å². The molecule has 0 aliphatic carbocycles. The highest BCUT2D eigenvalue weighted by Crippen LogP contribution is 2.22. The van der Waals surface area contributed by atoms with Gasteiger partial charge in [-0.25, -0.2) is 4.68 Å². The summed E-state index contributed by atoms with van der Waals surface area (Å²) in [6, 6.07) is 5.95. The van der Waals surface area contributed by atoms with E-state index >= 15 is 0 Å². The minimum absolute atomic E-state index is 0.295. The minimum Gasteiger partial charge on any atom is -0.487 e. The number of carbonyl (C=O) groups is 1. The maximum atomic E-state index is 11.1. The van der Waals surface area contributed by atoms with E-state index in [1.807, 2.05) is 32.0 Å². The third-order valence-corrected chi connectivity index (χ3v) is 3.82. The summed E-state index contributed by atoms with van der Waals surface area (Å²) in [5, 5.41) is 8.00. The zero-order valence-corrected chi connectivity index (χ0v) is 13.7. The topological polar surface area (TPSA) is 57.0 Å². The van der Waals surface area contributed by atoms with Gasteiger partial charge in [-0.15, -0.1) is 5.10 Å². The van der Waals surface area contributed by atoms with E-state index in [0.29, 0.717) is 18.2 Å². The van der Waals surface area contributed by atoms with Gasteiger partial charge < -0.3 is 4.74 Å². The van der Waals surface area contributed by atoms with Gasteiger partial charge in [0.15, 0.2) is 12.0 Å². The molecule has 0 aliphatic heterocycles. The van der Waals surface area contributed by atoms with Crippen LogP contribution in [0.4, 0.5) is 0 Å². The molecule has 0 aliphatic rings. The molecule has 0 N–H and O–H groups in total. The standard InChI is InChI=1S/C17H23N3O2/c1-12(2)8-9-20-16(15(10-21)18-19-20)11-22-17-7-5-6-13(3)14(17)4/h5-7,10,12H,8-9,11H2,1-4H3. The largest absolute Gasteiger partial charge is 0.487 e. The Labute approximate surface area is 131 Å². The van der Waals surface area contributed by atoms with Gasteiger partial charge in [0.1, 0.15) is 18.1 Å². The van der Waals surface area contributed by atoms with Crippen LogP contribution in [0, 0.1) is 19.8 Å². The Kier molecular flexibility index (Phi) is 5.31. The first-order valence-electron chi connectivity index (χ1n) is 7.59. The van der Waals surface area contributed by atoms with Gasteiger partial charge in [-0.2, -0.15) is 0 Å². The smallest absolute Gasteiger partial charge is 0.172 e. The Morgan fingerprint density at radius 1 is 1.32 bits per heavy atom. The highest BCUT2D eigenvalue weighted by molar-refractivity contribution is 5.73. The molecule has 2 rings (SSSR count). The molecule has 1 heterocycles. The Hall–Kier alpha value is -2.17. The average molecular weight is 301 g/mol. The van der Waals surface area contributed by atoms with Gasteiger partial charge >= 0.3 is 0 Å². The average Bonchev–Trinajstić information content (AvgIpc) is 2.88. The molecular weight excluding hydrogens is 278 g/mol. The van der Waals surface area contributed by atoms with E-state index < -0.39 is 0 Å². The van der Waals surface area contributed by atoms with E-state index in [1.54, 1.807) is 4.68 Å². The Morgan fingerprint density at radius 3 is 2.77 bits per heavy atom. The fraction of sp³-hybridized carbons (Fsp3) is 0.471. The molecule has 0 saturated carbocycles. The summed E-state index contributed by atoms with van der Waals surface area (Å²) in [6.45, 7) is 9.42. The van der Waals surface area contributed by atoms with Crippen molar-refractivity contribution in [2.24, 2.45) is 5.92 Å². The number of ether oxygens (including phenoxy) is 1. The van der Waals surface area contributed by atoms with Crippen molar-refractivity contribution in [3.05, 3.63) is 40.7 Å². The zero-order valence-electron chi connectivity index (χ0n) is 13.7. The predicted molar refractivity (Wildman–Crippen MR) is 85.1 cm³/mol. The summed E-state index contributed by atoms with van der Waals surface area (Å²) in [6.07, 6.45) is 1.72. The van der Waals surface area contributed by atoms with Crippen molar-refractivity contribution in [1.82, 2.24) is 15.0 Å². The van der Waals surface area contributed by atoms with Crippen molar-refractivity contribution < 1.29 is 9.53 Å². The highest BCUT2D eigenvalue weighted by Gasteiger charge is 2.14. The lowest BCUT2D eigenvalue weighted by molar-refractivity contribution is 0.111. The van der Waals surface area contributed by atoms with Crippen LogP contribution in [0.5, 0.6) is 5.75 Å². The number of rotatable bonds is 7. The molecule has 0 bridgehead atoms. The second-order valence-electron chi connectivity index (χ2n) is 5.93. The monoisotopic (exact) mass is 301 g/mol. The SMILES string of the molecule is Cc1cccc(OCc2c(C=O)nnn2CCC(C)C)c1C. The molecule has 22 heavy (non-hydrogen) atoms. The molecule has 0 amide bonds. The molecule has 2 aromatic rings. The fourth-order valence-corrected chi connectivity index (χ4v) is 2.17. The van der Waals surface area contributed by atoms with E-state index in [2.05, 4.69) is 24.2 Å². The number of hydrogen-bond acceptors (Lipinski definition) is 4. The van der Waals surface area contributed by atoms with Crippen LogP contribution in [0.3, 0.4) is 0 Å². The second kappa shape index (κ2) is 7.20. The molecule has 0 fully saturated rings. The number of carbonyl (C=O) groups excluding carboxylic acids is 1. The molecule has 0 spiro atoms. The number of aldehydes is 1. The van der Waals surface area contributed by atoms with Crippen molar-refractivity contribution in [2.75, 3.05) is 0 Å². The number of benzene rings is 1. The van der Waals surface area contributed by atoms with E-state index in [-0.39, 0.29) is 0 Å². The van der Waals surface area contributed by atoms with Crippen molar-refractivity contribution in [3.63, 3.8) is 0 Å². The number of aromatic nitrogens is 3. The fourth-order valence-electron chi connectivity index (χ4n) is 2.17. The van der Waals surface area contributed by atoms with Crippen LogP contribution in [0.25, 0.3) is 0 Å². The lowest BCUT2D eigenvalue weighted by atomic mass is 10.1. The number of aryl methyl sites for hydroxylation is 2. The van der Waals surface area contributed by atoms with Crippen LogP contribution in [0.15, 0.2) is 18.2 Å². The summed E-state index contributed by atoms with van der Waals surface area (Å²) >= 11 is 0. The Bertz CT molecular complexity index is 647. The second-order valence-corrected chi connectivity index (χ2v) is 5.93. The first-order chi connectivity index (χ1) is 10.5. The summed E-state index contributed by atoms with van der Waals surface area (Å²) < 4.78 is 7.66. The normalized spacial score (nSPS) is 11.0. The molecule has 0 unspecified atom stereocenters.